The molecular formula is C22H22ClNO3. The van der Waals surface area contributed by atoms with Crippen molar-refractivity contribution in [3.63, 3.8) is 0 Å². The van der Waals surface area contributed by atoms with Crippen LogP contribution in [0.5, 0.6) is 5.75 Å². The second-order valence-electron chi connectivity index (χ2n) is 6.51. The molecule has 4 nitrogen and oxygen atoms in total. The maximum atomic E-state index is 12.8. The van der Waals surface area contributed by atoms with Crippen molar-refractivity contribution < 1.29 is 13.9 Å². The zero-order chi connectivity index (χ0) is 19.2. The van der Waals surface area contributed by atoms with Crippen LogP contribution in [0.15, 0.2) is 65.3 Å². The fourth-order valence-electron chi connectivity index (χ4n) is 2.74. The van der Waals surface area contributed by atoms with E-state index in [1.165, 1.54) is 5.56 Å². The van der Waals surface area contributed by atoms with Crippen LogP contribution in [0.1, 0.15) is 22.5 Å². The maximum Gasteiger partial charge on any atom is 0.261 e. The average molecular weight is 384 g/mol. The van der Waals surface area contributed by atoms with Gasteiger partial charge < -0.3 is 14.1 Å². The third-order valence-electron chi connectivity index (χ3n) is 4.26. The predicted octanol–water partition coefficient (Wildman–Crippen LogP) is 5.16. The van der Waals surface area contributed by atoms with E-state index in [9.17, 15) is 4.79 Å². The first kappa shape index (κ1) is 19.1. The number of nitrogens with zero attached hydrogens (tertiary/aromatic N) is 1. The summed E-state index contributed by atoms with van der Waals surface area (Å²) in [6.45, 7) is 4.77. The van der Waals surface area contributed by atoms with Crippen molar-refractivity contribution in [2.24, 2.45) is 0 Å². The lowest BCUT2D eigenvalue weighted by molar-refractivity contribution is -0.134. The van der Waals surface area contributed by atoms with Gasteiger partial charge in [-0.15, -0.1) is 0 Å². The van der Waals surface area contributed by atoms with Gasteiger partial charge in [-0.05, 0) is 55.3 Å². The number of aryl methyl sites for hydroxylation is 2. The summed E-state index contributed by atoms with van der Waals surface area (Å²) < 4.78 is 11.1. The van der Waals surface area contributed by atoms with Crippen molar-refractivity contribution in [3.8, 4) is 5.75 Å². The third-order valence-corrected chi connectivity index (χ3v) is 4.50. The SMILES string of the molecule is Cc1ccc(CN(Cc2ccco2)C(=O)COc2ccc(Cl)cc2C)cc1. The molecule has 0 unspecified atom stereocenters. The Labute approximate surface area is 164 Å². The summed E-state index contributed by atoms with van der Waals surface area (Å²) in [6, 6.07) is 17.2. The van der Waals surface area contributed by atoms with Gasteiger partial charge in [-0.1, -0.05) is 41.4 Å². The number of hydrogen-bond acceptors (Lipinski definition) is 3. The van der Waals surface area contributed by atoms with Crippen LogP contribution in [0.2, 0.25) is 5.02 Å². The van der Waals surface area contributed by atoms with Crippen molar-refractivity contribution in [1.82, 2.24) is 4.90 Å². The largest absolute Gasteiger partial charge is 0.483 e. The zero-order valence-corrected chi connectivity index (χ0v) is 16.2. The molecule has 0 bridgehead atoms. The number of ether oxygens (including phenoxy) is 1. The molecule has 2 aromatic carbocycles. The van der Waals surface area contributed by atoms with E-state index in [4.69, 9.17) is 20.8 Å². The molecule has 0 radical (unpaired) electrons. The van der Waals surface area contributed by atoms with Gasteiger partial charge in [-0.2, -0.15) is 0 Å². The van der Waals surface area contributed by atoms with E-state index in [0.717, 1.165) is 16.9 Å². The Balaban J connectivity index is 1.70. The van der Waals surface area contributed by atoms with Gasteiger partial charge in [0.05, 0.1) is 12.8 Å². The fraction of sp³-hybridized carbons (Fsp3) is 0.227. The second-order valence-corrected chi connectivity index (χ2v) is 6.95. The van der Waals surface area contributed by atoms with Crippen LogP contribution < -0.4 is 4.74 Å². The number of carbonyl (C=O) groups is 1. The molecule has 27 heavy (non-hydrogen) atoms. The zero-order valence-electron chi connectivity index (χ0n) is 15.4. The molecule has 0 atom stereocenters. The summed E-state index contributed by atoms with van der Waals surface area (Å²) in [6.07, 6.45) is 1.61. The lowest BCUT2D eigenvalue weighted by Crippen LogP contribution is -2.34. The number of rotatable bonds is 7. The molecule has 1 aromatic heterocycles. The Hall–Kier alpha value is -2.72. The molecule has 1 heterocycles. The number of furan rings is 1. The molecule has 5 heteroatoms. The molecule has 0 N–H and O–H groups in total. The topological polar surface area (TPSA) is 42.7 Å². The molecule has 3 aromatic rings. The van der Waals surface area contributed by atoms with Gasteiger partial charge in [-0.25, -0.2) is 0 Å². The number of carbonyl (C=O) groups excluding carboxylic acids is 1. The molecule has 0 aliphatic heterocycles. The van der Waals surface area contributed by atoms with Gasteiger partial charge in [0.2, 0.25) is 0 Å². The molecule has 0 saturated heterocycles. The van der Waals surface area contributed by atoms with E-state index in [1.807, 2.05) is 56.3 Å². The molecule has 0 saturated carbocycles. The molecule has 0 spiro atoms. The quantitative estimate of drug-likeness (QED) is 0.566. The van der Waals surface area contributed by atoms with E-state index in [0.29, 0.717) is 23.9 Å². The Kier molecular flexibility index (Phi) is 6.20. The normalized spacial score (nSPS) is 10.6. The van der Waals surface area contributed by atoms with E-state index >= 15 is 0 Å². The minimum absolute atomic E-state index is 0.0466. The highest BCUT2D eigenvalue weighted by atomic mass is 35.5. The summed E-state index contributed by atoms with van der Waals surface area (Å²) >= 11 is 5.97. The van der Waals surface area contributed by atoms with E-state index < -0.39 is 0 Å². The number of amides is 1. The van der Waals surface area contributed by atoms with Gasteiger partial charge in [0.15, 0.2) is 6.61 Å². The summed E-state index contributed by atoms with van der Waals surface area (Å²) in [5.41, 5.74) is 3.14. The predicted molar refractivity (Wildman–Crippen MR) is 106 cm³/mol. The summed E-state index contributed by atoms with van der Waals surface area (Å²) in [5, 5.41) is 0.644. The highest BCUT2D eigenvalue weighted by molar-refractivity contribution is 6.30. The number of hydrogen-bond donors (Lipinski definition) is 0. The minimum Gasteiger partial charge on any atom is -0.483 e. The number of halogens is 1. The highest BCUT2D eigenvalue weighted by Gasteiger charge is 2.17. The van der Waals surface area contributed by atoms with Crippen LogP contribution in [0.3, 0.4) is 0 Å². The first-order valence-electron chi connectivity index (χ1n) is 8.76. The van der Waals surface area contributed by atoms with Crippen LogP contribution in [-0.2, 0) is 17.9 Å². The fourth-order valence-corrected chi connectivity index (χ4v) is 2.97. The van der Waals surface area contributed by atoms with Crippen LogP contribution in [0, 0.1) is 13.8 Å². The molecule has 1 amide bonds. The van der Waals surface area contributed by atoms with Gasteiger partial charge in [0.1, 0.15) is 11.5 Å². The van der Waals surface area contributed by atoms with Crippen molar-refractivity contribution in [2.45, 2.75) is 26.9 Å². The molecule has 0 aliphatic rings. The molecule has 0 aliphatic carbocycles. The molecule has 3 rings (SSSR count). The third kappa shape index (κ3) is 5.38. The van der Waals surface area contributed by atoms with Crippen molar-refractivity contribution in [2.75, 3.05) is 6.61 Å². The first-order chi connectivity index (χ1) is 13.0. The van der Waals surface area contributed by atoms with Gasteiger partial charge >= 0.3 is 0 Å². The second kappa shape index (κ2) is 8.78. The monoisotopic (exact) mass is 383 g/mol. The molecule has 140 valence electrons. The Morgan fingerprint density at radius 2 is 1.85 bits per heavy atom. The standard InChI is InChI=1S/C22H22ClNO3/c1-16-5-7-18(8-6-16)13-24(14-20-4-3-11-26-20)22(25)15-27-21-10-9-19(23)12-17(21)2/h3-12H,13-15H2,1-2H3. The average Bonchev–Trinajstić information content (AvgIpc) is 3.15. The minimum atomic E-state index is -0.110. The summed E-state index contributed by atoms with van der Waals surface area (Å²) in [4.78, 5) is 14.6. The Bertz CT molecular complexity index is 888. The maximum absolute atomic E-state index is 12.8. The molecular weight excluding hydrogens is 362 g/mol. The highest BCUT2D eigenvalue weighted by Crippen LogP contribution is 2.22. The van der Waals surface area contributed by atoms with Gasteiger partial charge in [-0.3, -0.25) is 4.79 Å². The lowest BCUT2D eigenvalue weighted by atomic mass is 10.1. The Morgan fingerprint density at radius 1 is 1.07 bits per heavy atom. The van der Waals surface area contributed by atoms with Crippen LogP contribution in [-0.4, -0.2) is 17.4 Å². The van der Waals surface area contributed by atoms with Crippen molar-refractivity contribution in [1.29, 1.82) is 0 Å². The van der Waals surface area contributed by atoms with Crippen LogP contribution in [0.4, 0.5) is 0 Å². The van der Waals surface area contributed by atoms with Crippen LogP contribution >= 0.6 is 11.6 Å². The lowest BCUT2D eigenvalue weighted by Gasteiger charge is -2.22. The van der Waals surface area contributed by atoms with E-state index in [-0.39, 0.29) is 12.5 Å². The summed E-state index contributed by atoms with van der Waals surface area (Å²) in [5.74, 6) is 1.28. The van der Waals surface area contributed by atoms with Crippen LogP contribution in [0.25, 0.3) is 0 Å². The van der Waals surface area contributed by atoms with Crippen molar-refractivity contribution in [3.05, 3.63) is 88.3 Å². The Morgan fingerprint density at radius 3 is 2.52 bits per heavy atom. The smallest absolute Gasteiger partial charge is 0.261 e. The van der Waals surface area contributed by atoms with Crippen molar-refractivity contribution >= 4 is 17.5 Å². The van der Waals surface area contributed by atoms with E-state index in [2.05, 4.69) is 0 Å². The first-order valence-corrected chi connectivity index (χ1v) is 9.14. The van der Waals surface area contributed by atoms with Gasteiger partial charge in [0.25, 0.3) is 5.91 Å². The molecule has 0 fully saturated rings. The van der Waals surface area contributed by atoms with Gasteiger partial charge in [0, 0.05) is 11.6 Å². The van der Waals surface area contributed by atoms with E-state index in [1.54, 1.807) is 23.3 Å². The number of benzene rings is 2. The summed E-state index contributed by atoms with van der Waals surface area (Å²) in [7, 11) is 0.